The van der Waals surface area contributed by atoms with E-state index < -0.39 is 0 Å². The molecule has 0 radical (unpaired) electrons. The van der Waals surface area contributed by atoms with E-state index in [1.807, 2.05) is 0 Å². The molecule has 1 fully saturated rings. The highest BCUT2D eigenvalue weighted by atomic mass is 35.5. The van der Waals surface area contributed by atoms with Crippen LogP contribution in [0.3, 0.4) is 0 Å². The van der Waals surface area contributed by atoms with Crippen LogP contribution >= 0.6 is 11.6 Å². The quantitative estimate of drug-likeness (QED) is 0.792. The van der Waals surface area contributed by atoms with E-state index in [-0.39, 0.29) is 22.6 Å². The second-order valence-corrected chi connectivity index (χ2v) is 6.10. The molecule has 0 bridgehead atoms. The molecule has 1 aliphatic rings. The molecule has 6 heteroatoms. The van der Waals surface area contributed by atoms with Crippen LogP contribution in [-0.2, 0) is 6.54 Å². The second-order valence-electron chi connectivity index (χ2n) is 5.72. The molecule has 1 aromatic rings. The van der Waals surface area contributed by atoms with Gasteiger partial charge in [0.1, 0.15) is 5.02 Å². The van der Waals surface area contributed by atoms with Crippen molar-refractivity contribution in [3.63, 3.8) is 0 Å². The van der Waals surface area contributed by atoms with Crippen molar-refractivity contribution in [2.24, 2.45) is 5.41 Å². The summed E-state index contributed by atoms with van der Waals surface area (Å²) in [6, 6.07) is 0. The highest BCUT2D eigenvalue weighted by Gasteiger charge is 2.31. The Morgan fingerprint density at radius 3 is 2.81 bits per heavy atom. The van der Waals surface area contributed by atoms with Crippen molar-refractivity contribution in [1.82, 2.24) is 9.78 Å². The van der Waals surface area contributed by atoms with Gasteiger partial charge in [-0.1, -0.05) is 36.9 Å². The molecular formula is C15H22ClN3O2. The Morgan fingerprint density at radius 1 is 1.48 bits per heavy atom. The molecule has 0 spiro atoms. The van der Waals surface area contributed by atoms with E-state index in [1.165, 1.54) is 11.1 Å². The molecule has 0 amide bonds. The Balaban J connectivity index is 2.11. The molecule has 0 atom stereocenters. The van der Waals surface area contributed by atoms with Crippen molar-refractivity contribution in [2.45, 2.75) is 38.6 Å². The van der Waals surface area contributed by atoms with Gasteiger partial charge < -0.3 is 10.4 Å². The lowest BCUT2D eigenvalue weighted by Gasteiger charge is -2.36. The molecule has 2 N–H and O–H groups in total. The summed E-state index contributed by atoms with van der Waals surface area (Å²) < 4.78 is 1.27. The molecule has 21 heavy (non-hydrogen) atoms. The van der Waals surface area contributed by atoms with Crippen molar-refractivity contribution in [3.05, 3.63) is 34.2 Å². The highest BCUT2D eigenvalue weighted by Crippen LogP contribution is 2.36. The SMILES string of the molecule is C=CCn1ncc(NCC2(CO)CCCCC2)c(Cl)c1=O. The number of hydrogen-bond acceptors (Lipinski definition) is 4. The number of aliphatic hydroxyl groups excluding tert-OH is 1. The number of halogens is 1. The summed E-state index contributed by atoms with van der Waals surface area (Å²) in [5, 5.41) is 17.1. The van der Waals surface area contributed by atoms with Gasteiger partial charge in [0.25, 0.3) is 5.56 Å². The summed E-state index contributed by atoms with van der Waals surface area (Å²) in [7, 11) is 0. The summed E-state index contributed by atoms with van der Waals surface area (Å²) in [5.41, 5.74) is 0.0843. The third-order valence-electron chi connectivity index (χ3n) is 4.19. The lowest BCUT2D eigenvalue weighted by molar-refractivity contribution is 0.0944. The molecule has 1 aliphatic carbocycles. The average molecular weight is 312 g/mol. The normalized spacial score (nSPS) is 17.4. The van der Waals surface area contributed by atoms with E-state index in [2.05, 4.69) is 17.0 Å². The largest absolute Gasteiger partial charge is 0.396 e. The molecule has 0 aliphatic heterocycles. The van der Waals surface area contributed by atoms with E-state index in [0.717, 1.165) is 25.7 Å². The van der Waals surface area contributed by atoms with Gasteiger partial charge in [-0.3, -0.25) is 4.79 Å². The van der Waals surface area contributed by atoms with Crippen LogP contribution in [0.5, 0.6) is 0 Å². The number of aromatic nitrogens is 2. The molecule has 1 saturated carbocycles. The number of nitrogens with zero attached hydrogens (tertiary/aromatic N) is 2. The van der Waals surface area contributed by atoms with Crippen LogP contribution in [0.1, 0.15) is 32.1 Å². The fourth-order valence-corrected chi connectivity index (χ4v) is 3.03. The van der Waals surface area contributed by atoms with E-state index in [0.29, 0.717) is 18.8 Å². The minimum absolute atomic E-state index is 0.114. The summed E-state index contributed by atoms with van der Waals surface area (Å²) in [6.45, 7) is 4.67. The fourth-order valence-electron chi connectivity index (χ4n) is 2.82. The molecule has 0 aromatic carbocycles. The maximum atomic E-state index is 12.0. The lowest BCUT2D eigenvalue weighted by atomic mass is 9.74. The zero-order valence-electron chi connectivity index (χ0n) is 12.1. The Hall–Kier alpha value is -1.33. The lowest BCUT2D eigenvalue weighted by Crippen LogP contribution is -2.36. The molecule has 5 nitrogen and oxygen atoms in total. The van der Waals surface area contributed by atoms with Crippen molar-refractivity contribution in [1.29, 1.82) is 0 Å². The maximum absolute atomic E-state index is 12.0. The summed E-state index contributed by atoms with van der Waals surface area (Å²) in [4.78, 5) is 12.0. The van der Waals surface area contributed by atoms with Crippen LogP contribution in [0.4, 0.5) is 5.69 Å². The van der Waals surface area contributed by atoms with Gasteiger partial charge in [0, 0.05) is 12.0 Å². The predicted octanol–water partition coefficient (Wildman–Crippen LogP) is 2.44. The van der Waals surface area contributed by atoms with Gasteiger partial charge in [-0.2, -0.15) is 5.10 Å². The van der Waals surface area contributed by atoms with Gasteiger partial charge in [0.05, 0.1) is 25.0 Å². The Bertz CT molecular complexity index is 550. The van der Waals surface area contributed by atoms with Crippen LogP contribution < -0.4 is 10.9 Å². The van der Waals surface area contributed by atoms with Gasteiger partial charge >= 0.3 is 0 Å². The second kappa shape index (κ2) is 7.09. The first-order valence-corrected chi connectivity index (χ1v) is 7.71. The highest BCUT2D eigenvalue weighted by molar-refractivity contribution is 6.32. The minimum Gasteiger partial charge on any atom is -0.396 e. The van der Waals surface area contributed by atoms with E-state index in [1.54, 1.807) is 12.3 Å². The Kier molecular flexibility index (Phi) is 5.42. The molecule has 2 rings (SSSR count). The number of rotatable bonds is 6. The fraction of sp³-hybridized carbons (Fsp3) is 0.600. The zero-order valence-corrected chi connectivity index (χ0v) is 12.9. The Morgan fingerprint density at radius 2 is 2.19 bits per heavy atom. The van der Waals surface area contributed by atoms with Crippen LogP contribution in [0.2, 0.25) is 5.02 Å². The van der Waals surface area contributed by atoms with Gasteiger partial charge in [0.15, 0.2) is 0 Å². The first kappa shape index (κ1) is 16.0. The van der Waals surface area contributed by atoms with Crippen molar-refractivity contribution in [2.75, 3.05) is 18.5 Å². The molecule has 0 unspecified atom stereocenters. The van der Waals surface area contributed by atoms with E-state index >= 15 is 0 Å². The maximum Gasteiger partial charge on any atom is 0.287 e. The first-order valence-electron chi connectivity index (χ1n) is 7.33. The van der Waals surface area contributed by atoms with Crippen molar-refractivity contribution >= 4 is 17.3 Å². The topological polar surface area (TPSA) is 67.2 Å². The number of allylic oxidation sites excluding steroid dienone is 1. The molecule has 0 saturated heterocycles. The molecule has 1 heterocycles. The summed E-state index contributed by atoms with van der Waals surface area (Å²) >= 11 is 6.11. The van der Waals surface area contributed by atoms with Gasteiger partial charge in [-0.05, 0) is 12.8 Å². The summed E-state index contributed by atoms with van der Waals surface area (Å²) in [5.74, 6) is 0. The monoisotopic (exact) mass is 311 g/mol. The Labute approximate surface area is 129 Å². The number of hydrogen-bond donors (Lipinski definition) is 2. The smallest absolute Gasteiger partial charge is 0.287 e. The minimum atomic E-state index is -0.330. The third kappa shape index (κ3) is 3.66. The van der Waals surface area contributed by atoms with Gasteiger partial charge in [0.2, 0.25) is 0 Å². The number of nitrogens with one attached hydrogen (secondary N) is 1. The van der Waals surface area contributed by atoms with Crippen LogP contribution in [0.25, 0.3) is 0 Å². The van der Waals surface area contributed by atoms with Crippen LogP contribution in [0, 0.1) is 5.41 Å². The standard InChI is InChI=1S/C15H22ClN3O2/c1-2-8-19-14(21)13(16)12(9-18-19)17-10-15(11-20)6-4-3-5-7-15/h2,9,17,20H,1,3-8,10-11H2. The summed E-state index contributed by atoms with van der Waals surface area (Å²) in [6.07, 6.45) is 8.64. The third-order valence-corrected chi connectivity index (χ3v) is 4.56. The van der Waals surface area contributed by atoms with Crippen LogP contribution in [-0.4, -0.2) is 28.0 Å². The molecule has 116 valence electrons. The number of anilines is 1. The predicted molar refractivity (Wildman–Crippen MR) is 84.8 cm³/mol. The zero-order chi connectivity index (χ0) is 15.3. The average Bonchev–Trinajstić information content (AvgIpc) is 2.52. The van der Waals surface area contributed by atoms with Gasteiger partial charge in [-0.15, -0.1) is 6.58 Å². The van der Waals surface area contributed by atoms with Crippen molar-refractivity contribution < 1.29 is 5.11 Å². The van der Waals surface area contributed by atoms with Crippen molar-refractivity contribution in [3.8, 4) is 0 Å². The first-order chi connectivity index (χ1) is 10.1. The number of aliphatic hydroxyl groups is 1. The van der Waals surface area contributed by atoms with E-state index in [9.17, 15) is 9.90 Å². The molecule has 1 aromatic heterocycles. The van der Waals surface area contributed by atoms with E-state index in [4.69, 9.17) is 11.6 Å². The molecular weight excluding hydrogens is 290 g/mol. The van der Waals surface area contributed by atoms with Gasteiger partial charge in [-0.25, -0.2) is 4.68 Å². The van der Waals surface area contributed by atoms with Crippen LogP contribution in [0.15, 0.2) is 23.6 Å².